The van der Waals surface area contributed by atoms with Gasteiger partial charge in [0.15, 0.2) is 0 Å². The minimum absolute atomic E-state index is 0.254. The van der Waals surface area contributed by atoms with E-state index in [1.165, 1.54) is 24.0 Å². The molecule has 1 heterocycles. The number of hydrogen-bond donors (Lipinski definition) is 1. The lowest BCUT2D eigenvalue weighted by Crippen LogP contribution is -2.17. The molecule has 1 aromatic carbocycles. The molecule has 1 atom stereocenters. The van der Waals surface area contributed by atoms with Gasteiger partial charge in [-0.1, -0.05) is 24.3 Å². The molecular weight excluding hydrogens is 222 g/mol. The monoisotopic (exact) mass is 241 g/mol. The van der Waals surface area contributed by atoms with Gasteiger partial charge in [-0.2, -0.15) is 0 Å². The Morgan fingerprint density at radius 1 is 1.28 bits per heavy atom. The van der Waals surface area contributed by atoms with Crippen LogP contribution in [0.1, 0.15) is 48.6 Å². The SMILES string of the molecule is C[C@@H](NCc1cccc(C2CC2)c1)c1ccco1. The largest absolute Gasteiger partial charge is 0.468 e. The van der Waals surface area contributed by atoms with Gasteiger partial charge < -0.3 is 9.73 Å². The van der Waals surface area contributed by atoms with Gasteiger partial charge in [-0.05, 0) is 48.9 Å². The average Bonchev–Trinajstić information content (AvgIpc) is 3.11. The normalized spacial score (nSPS) is 16.7. The van der Waals surface area contributed by atoms with Crippen LogP contribution in [0.5, 0.6) is 0 Å². The molecule has 94 valence electrons. The lowest BCUT2D eigenvalue weighted by atomic mass is 10.1. The smallest absolute Gasteiger partial charge is 0.120 e. The Morgan fingerprint density at radius 3 is 2.89 bits per heavy atom. The summed E-state index contributed by atoms with van der Waals surface area (Å²) in [5, 5.41) is 3.49. The summed E-state index contributed by atoms with van der Waals surface area (Å²) < 4.78 is 5.39. The zero-order chi connectivity index (χ0) is 12.4. The summed E-state index contributed by atoms with van der Waals surface area (Å²) >= 11 is 0. The molecule has 0 spiro atoms. The predicted molar refractivity (Wildman–Crippen MR) is 72.4 cm³/mol. The van der Waals surface area contributed by atoms with Gasteiger partial charge in [-0.3, -0.25) is 0 Å². The molecule has 2 aromatic rings. The zero-order valence-electron chi connectivity index (χ0n) is 10.7. The summed E-state index contributed by atoms with van der Waals surface area (Å²) in [6.07, 6.45) is 4.45. The Bertz CT molecular complexity index is 500. The van der Waals surface area contributed by atoms with E-state index in [1.54, 1.807) is 6.26 Å². The van der Waals surface area contributed by atoms with E-state index in [1.807, 2.05) is 12.1 Å². The van der Waals surface area contributed by atoms with Crippen molar-refractivity contribution in [3.8, 4) is 0 Å². The first kappa shape index (κ1) is 11.5. The lowest BCUT2D eigenvalue weighted by Gasteiger charge is -2.12. The minimum atomic E-state index is 0.254. The molecule has 18 heavy (non-hydrogen) atoms. The van der Waals surface area contributed by atoms with E-state index < -0.39 is 0 Å². The standard InChI is InChI=1S/C16H19NO/c1-12(16-6-3-9-18-16)17-11-13-4-2-5-15(10-13)14-7-8-14/h2-6,9-10,12,14,17H,7-8,11H2,1H3/t12-/m1/s1. The van der Waals surface area contributed by atoms with Gasteiger partial charge in [0.2, 0.25) is 0 Å². The number of rotatable bonds is 5. The quantitative estimate of drug-likeness (QED) is 0.855. The fraction of sp³-hybridized carbons (Fsp3) is 0.375. The second-order valence-corrected chi connectivity index (χ2v) is 5.14. The Morgan fingerprint density at radius 2 is 2.17 bits per heavy atom. The van der Waals surface area contributed by atoms with Crippen LogP contribution in [0.4, 0.5) is 0 Å². The van der Waals surface area contributed by atoms with Crippen LogP contribution < -0.4 is 5.32 Å². The fourth-order valence-corrected chi connectivity index (χ4v) is 2.28. The molecule has 0 saturated heterocycles. The molecule has 2 nitrogen and oxygen atoms in total. The summed E-state index contributed by atoms with van der Waals surface area (Å²) in [4.78, 5) is 0. The van der Waals surface area contributed by atoms with Crippen LogP contribution in [0.3, 0.4) is 0 Å². The molecule has 2 heteroatoms. The predicted octanol–water partition coefficient (Wildman–Crippen LogP) is 4.01. The van der Waals surface area contributed by atoms with Gasteiger partial charge in [0, 0.05) is 6.54 Å². The van der Waals surface area contributed by atoms with Crippen molar-refractivity contribution < 1.29 is 4.42 Å². The zero-order valence-corrected chi connectivity index (χ0v) is 10.7. The van der Waals surface area contributed by atoms with Crippen LogP contribution in [-0.4, -0.2) is 0 Å². The summed E-state index contributed by atoms with van der Waals surface area (Å²) in [6.45, 7) is 3.02. The van der Waals surface area contributed by atoms with Crippen LogP contribution in [-0.2, 0) is 6.54 Å². The molecule has 1 N–H and O–H groups in total. The highest BCUT2D eigenvalue weighted by Crippen LogP contribution is 2.40. The third kappa shape index (κ3) is 2.65. The third-order valence-electron chi connectivity index (χ3n) is 3.58. The van der Waals surface area contributed by atoms with Crippen LogP contribution in [0, 0.1) is 0 Å². The second-order valence-electron chi connectivity index (χ2n) is 5.14. The number of benzene rings is 1. The molecule has 0 amide bonds. The van der Waals surface area contributed by atoms with E-state index in [-0.39, 0.29) is 6.04 Å². The Balaban J connectivity index is 1.60. The Hall–Kier alpha value is -1.54. The Kier molecular flexibility index (Phi) is 3.20. The molecule has 0 aliphatic heterocycles. The van der Waals surface area contributed by atoms with Crippen molar-refractivity contribution >= 4 is 0 Å². The highest BCUT2D eigenvalue weighted by atomic mass is 16.3. The molecule has 1 aromatic heterocycles. The van der Waals surface area contributed by atoms with Gasteiger partial charge in [0.1, 0.15) is 5.76 Å². The second kappa shape index (κ2) is 4.99. The maximum absolute atomic E-state index is 5.39. The molecule has 3 rings (SSSR count). The van der Waals surface area contributed by atoms with Crippen molar-refractivity contribution in [2.24, 2.45) is 0 Å². The summed E-state index contributed by atoms with van der Waals surface area (Å²) in [6, 6.07) is 13.1. The van der Waals surface area contributed by atoms with Crippen molar-refractivity contribution in [1.82, 2.24) is 5.32 Å². The number of furan rings is 1. The topological polar surface area (TPSA) is 25.2 Å². The van der Waals surface area contributed by atoms with Gasteiger partial charge in [0.05, 0.1) is 12.3 Å². The summed E-state index contributed by atoms with van der Waals surface area (Å²) in [7, 11) is 0. The van der Waals surface area contributed by atoms with Crippen molar-refractivity contribution in [3.05, 3.63) is 59.5 Å². The van der Waals surface area contributed by atoms with Crippen LogP contribution in [0.15, 0.2) is 47.1 Å². The summed E-state index contributed by atoms with van der Waals surface area (Å²) in [5.41, 5.74) is 2.86. The van der Waals surface area contributed by atoms with Gasteiger partial charge in [-0.15, -0.1) is 0 Å². The van der Waals surface area contributed by atoms with Crippen LogP contribution in [0.25, 0.3) is 0 Å². The molecule has 1 aliphatic carbocycles. The average molecular weight is 241 g/mol. The van der Waals surface area contributed by atoms with E-state index in [0.29, 0.717) is 0 Å². The highest BCUT2D eigenvalue weighted by Gasteiger charge is 2.23. The third-order valence-corrected chi connectivity index (χ3v) is 3.58. The van der Waals surface area contributed by atoms with Crippen molar-refractivity contribution in [2.45, 2.75) is 38.3 Å². The minimum Gasteiger partial charge on any atom is -0.468 e. The molecule has 0 radical (unpaired) electrons. The maximum atomic E-state index is 5.39. The van der Waals surface area contributed by atoms with Crippen molar-refractivity contribution in [3.63, 3.8) is 0 Å². The van der Waals surface area contributed by atoms with E-state index in [4.69, 9.17) is 4.42 Å². The summed E-state index contributed by atoms with van der Waals surface area (Å²) in [5.74, 6) is 1.82. The van der Waals surface area contributed by atoms with E-state index in [0.717, 1.165) is 18.2 Å². The van der Waals surface area contributed by atoms with Crippen LogP contribution >= 0.6 is 0 Å². The van der Waals surface area contributed by atoms with E-state index in [9.17, 15) is 0 Å². The first-order valence-electron chi connectivity index (χ1n) is 6.68. The highest BCUT2D eigenvalue weighted by molar-refractivity contribution is 5.29. The van der Waals surface area contributed by atoms with E-state index in [2.05, 4.69) is 36.5 Å². The maximum Gasteiger partial charge on any atom is 0.120 e. The number of hydrogen-bond acceptors (Lipinski definition) is 2. The molecule has 1 aliphatic rings. The van der Waals surface area contributed by atoms with Crippen molar-refractivity contribution in [2.75, 3.05) is 0 Å². The molecule has 0 unspecified atom stereocenters. The van der Waals surface area contributed by atoms with Crippen molar-refractivity contribution in [1.29, 1.82) is 0 Å². The Labute approximate surface area is 108 Å². The molecule has 0 bridgehead atoms. The van der Waals surface area contributed by atoms with E-state index >= 15 is 0 Å². The molecule has 1 saturated carbocycles. The lowest BCUT2D eigenvalue weighted by molar-refractivity contribution is 0.430. The first-order valence-corrected chi connectivity index (χ1v) is 6.68. The molecular formula is C16H19NO. The van der Waals surface area contributed by atoms with Gasteiger partial charge in [-0.25, -0.2) is 0 Å². The fourth-order valence-electron chi connectivity index (χ4n) is 2.28. The molecule has 1 fully saturated rings. The number of nitrogens with one attached hydrogen (secondary N) is 1. The van der Waals surface area contributed by atoms with Gasteiger partial charge >= 0.3 is 0 Å². The van der Waals surface area contributed by atoms with Crippen LogP contribution in [0.2, 0.25) is 0 Å². The van der Waals surface area contributed by atoms with Gasteiger partial charge in [0.25, 0.3) is 0 Å². The first-order chi connectivity index (χ1) is 8.83.